The van der Waals surface area contributed by atoms with Crippen molar-refractivity contribution in [2.75, 3.05) is 16.3 Å². The minimum absolute atomic E-state index is 0.0565. The number of aryl methyl sites for hydroxylation is 3. The number of carbonyl (C=O) groups excluding carboxylic acids is 1. The molecule has 1 amide bonds. The summed E-state index contributed by atoms with van der Waals surface area (Å²) in [5.41, 5.74) is 6.09. The van der Waals surface area contributed by atoms with Gasteiger partial charge in [0, 0.05) is 16.5 Å². The van der Waals surface area contributed by atoms with E-state index in [2.05, 4.69) is 37.8 Å². The van der Waals surface area contributed by atoms with E-state index < -0.39 is 0 Å². The van der Waals surface area contributed by atoms with Crippen LogP contribution in [-0.2, 0) is 4.79 Å². The molecule has 0 aliphatic carbocycles. The molecule has 0 saturated carbocycles. The molecule has 0 N–H and O–H groups in total. The van der Waals surface area contributed by atoms with Gasteiger partial charge in [-0.15, -0.1) is 0 Å². The summed E-state index contributed by atoms with van der Waals surface area (Å²) in [5, 5.41) is 2.28. The Bertz CT molecular complexity index is 1380. The van der Waals surface area contributed by atoms with E-state index in [0.29, 0.717) is 15.1 Å². The molecular weight excluding hydrogens is 482 g/mol. The lowest BCUT2D eigenvalue weighted by Crippen LogP contribution is -2.29. The monoisotopic (exact) mass is 505 g/mol. The van der Waals surface area contributed by atoms with Crippen molar-refractivity contribution in [1.82, 2.24) is 0 Å². The van der Waals surface area contributed by atoms with Crippen LogP contribution in [0.2, 0.25) is 5.02 Å². The second-order valence-corrected chi connectivity index (χ2v) is 10.8. The fraction of sp³-hybridized carbons (Fsp3) is 0.185. The number of hydrogen-bond acceptors (Lipinski definition) is 5. The number of fused-ring (bicyclic) bond motifs is 1. The van der Waals surface area contributed by atoms with Gasteiger partial charge in [0.25, 0.3) is 5.91 Å². The molecule has 34 heavy (non-hydrogen) atoms. The van der Waals surface area contributed by atoms with Gasteiger partial charge in [0.15, 0.2) is 5.17 Å². The topological polar surface area (TPSA) is 35.9 Å². The summed E-state index contributed by atoms with van der Waals surface area (Å²) in [5.74, 6) is -0.0565. The van der Waals surface area contributed by atoms with Crippen LogP contribution in [0, 0.1) is 20.8 Å². The Morgan fingerprint density at radius 2 is 1.74 bits per heavy atom. The molecule has 0 aromatic heterocycles. The Morgan fingerprint density at radius 3 is 2.47 bits per heavy atom. The van der Waals surface area contributed by atoms with E-state index in [9.17, 15) is 4.79 Å². The standard InChI is InChI=1S/C27H24ClN3OS2/c1-5-30-22-15-19(28)10-12-23(22)33-26(30)24-25(32)31(20-8-6-7-16(2)14-20)27(34-24)29-21-11-9-17(3)13-18(21)4/h6-15H,5H2,1-4H3/b26-24-,29-27?. The molecule has 0 atom stereocenters. The van der Waals surface area contributed by atoms with E-state index in [0.717, 1.165) is 44.7 Å². The van der Waals surface area contributed by atoms with Crippen LogP contribution in [0.25, 0.3) is 0 Å². The van der Waals surface area contributed by atoms with Gasteiger partial charge in [-0.2, -0.15) is 0 Å². The molecule has 172 valence electrons. The lowest BCUT2D eigenvalue weighted by molar-refractivity contribution is -0.113. The summed E-state index contributed by atoms with van der Waals surface area (Å²) >= 11 is 9.34. The van der Waals surface area contributed by atoms with E-state index in [1.165, 1.54) is 17.3 Å². The van der Waals surface area contributed by atoms with Gasteiger partial charge in [0.05, 0.1) is 17.1 Å². The second kappa shape index (κ2) is 9.17. The largest absolute Gasteiger partial charge is 0.334 e. The average Bonchev–Trinajstić information content (AvgIpc) is 3.32. The van der Waals surface area contributed by atoms with Crippen molar-refractivity contribution in [3.63, 3.8) is 0 Å². The van der Waals surface area contributed by atoms with Crippen LogP contribution in [0.1, 0.15) is 23.6 Å². The quantitative estimate of drug-likeness (QED) is 0.340. The number of rotatable bonds is 3. The normalized spacial score (nSPS) is 18.9. The zero-order valence-electron chi connectivity index (χ0n) is 19.4. The molecular formula is C27H24ClN3OS2. The van der Waals surface area contributed by atoms with Gasteiger partial charge in [-0.1, -0.05) is 53.2 Å². The number of carbonyl (C=O) groups is 1. The van der Waals surface area contributed by atoms with Crippen LogP contribution in [0.4, 0.5) is 17.1 Å². The highest BCUT2D eigenvalue weighted by Crippen LogP contribution is 2.51. The molecule has 0 unspecified atom stereocenters. The molecule has 2 aliphatic rings. The predicted molar refractivity (Wildman–Crippen MR) is 147 cm³/mol. The van der Waals surface area contributed by atoms with Gasteiger partial charge in [-0.3, -0.25) is 9.69 Å². The van der Waals surface area contributed by atoms with E-state index >= 15 is 0 Å². The third-order valence-electron chi connectivity index (χ3n) is 5.78. The van der Waals surface area contributed by atoms with E-state index in [1.54, 1.807) is 16.7 Å². The minimum atomic E-state index is -0.0565. The Labute approximate surface area is 213 Å². The molecule has 2 heterocycles. The summed E-state index contributed by atoms with van der Waals surface area (Å²) in [6.07, 6.45) is 0. The molecule has 4 nitrogen and oxygen atoms in total. The van der Waals surface area contributed by atoms with Crippen LogP contribution < -0.4 is 9.80 Å². The number of aliphatic imine (C=N–C) groups is 1. The summed E-state index contributed by atoms with van der Waals surface area (Å²) in [6.45, 7) is 8.98. The Morgan fingerprint density at radius 1 is 0.941 bits per heavy atom. The molecule has 3 aromatic carbocycles. The van der Waals surface area contributed by atoms with Crippen molar-refractivity contribution >= 4 is 63.3 Å². The molecule has 1 fully saturated rings. The van der Waals surface area contributed by atoms with Gasteiger partial charge in [-0.05, 0) is 87.0 Å². The maximum Gasteiger partial charge on any atom is 0.274 e. The predicted octanol–water partition coefficient (Wildman–Crippen LogP) is 7.83. The first-order chi connectivity index (χ1) is 16.4. The lowest BCUT2D eigenvalue weighted by Gasteiger charge is -2.19. The Hall–Kier alpha value is -2.67. The second-order valence-electron chi connectivity index (χ2n) is 8.36. The number of anilines is 2. The molecule has 5 rings (SSSR count). The summed E-state index contributed by atoms with van der Waals surface area (Å²) in [6, 6.07) is 20.1. The first-order valence-corrected chi connectivity index (χ1v) is 13.1. The van der Waals surface area contributed by atoms with E-state index in [-0.39, 0.29) is 5.91 Å². The number of benzene rings is 3. The summed E-state index contributed by atoms with van der Waals surface area (Å²) in [7, 11) is 0. The molecule has 0 spiro atoms. The number of halogens is 1. The average molecular weight is 506 g/mol. The van der Waals surface area contributed by atoms with Crippen LogP contribution in [0.5, 0.6) is 0 Å². The highest BCUT2D eigenvalue weighted by atomic mass is 35.5. The van der Waals surface area contributed by atoms with Crippen molar-refractivity contribution < 1.29 is 4.79 Å². The number of hydrogen-bond donors (Lipinski definition) is 0. The van der Waals surface area contributed by atoms with Crippen LogP contribution >= 0.6 is 35.1 Å². The van der Waals surface area contributed by atoms with Crippen molar-refractivity contribution in [2.24, 2.45) is 4.99 Å². The van der Waals surface area contributed by atoms with Crippen LogP contribution in [0.15, 0.2) is 80.5 Å². The fourth-order valence-electron chi connectivity index (χ4n) is 4.14. The highest BCUT2D eigenvalue weighted by Gasteiger charge is 2.40. The first-order valence-electron chi connectivity index (χ1n) is 11.1. The molecule has 3 aromatic rings. The number of thioether (sulfide) groups is 2. The molecule has 1 saturated heterocycles. The van der Waals surface area contributed by atoms with Crippen molar-refractivity contribution in [1.29, 1.82) is 0 Å². The summed E-state index contributed by atoms with van der Waals surface area (Å²) < 4.78 is 0. The van der Waals surface area contributed by atoms with Gasteiger partial charge >= 0.3 is 0 Å². The van der Waals surface area contributed by atoms with Gasteiger partial charge < -0.3 is 4.90 Å². The fourth-order valence-corrected chi connectivity index (χ4v) is 6.68. The number of nitrogens with zero attached hydrogens (tertiary/aromatic N) is 3. The summed E-state index contributed by atoms with van der Waals surface area (Å²) in [4.78, 5) is 24.6. The van der Waals surface area contributed by atoms with Crippen LogP contribution in [-0.4, -0.2) is 17.6 Å². The smallest absolute Gasteiger partial charge is 0.274 e. The zero-order chi connectivity index (χ0) is 24.0. The molecule has 2 aliphatic heterocycles. The van der Waals surface area contributed by atoms with Gasteiger partial charge in [0.1, 0.15) is 9.93 Å². The third kappa shape index (κ3) is 4.15. The van der Waals surface area contributed by atoms with Crippen LogP contribution in [0.3, 0.4) is 0 Å². The van der Waals surface area contributed by atoms with Crippen molar-refractivity contribution in [2.45, 2.75) is 32.6 Å². The van der Waals surface area contributed by atoms with Gasteiger partial charge in [-0.25, -0.2) is 4.99 Å². The van der Waals surface area contributed by atoms with E-state index in [4.69, 9.17) is 16.6 Å². The van der Waals surface area contributed by atoms with Gasteiger partial charge in [0.2, 0.25) is 0 Å². The SMILES string of the molecule is CCN1/C(=C2/SC(=Nc3ccc(C)cc3C)N(c3cccc(C)c3)C2=O)Sc2ccc(Cl)cc21. The Balaban J connectivity index is 1.65. The van der Waals surface area contributed by atoms with Crippen molar-refractivity contribution in [3.05, 3.63) is 92.3 Å². The molecule has 0 radical (unpaired) electrons. The molecule has 0 bridgehead atoms. The Kier molecular flexibility index (Phi) is 6.23. The lowest BCUT2D eigenvalue weighted by atomic mass is 10.1. The van der Waals surface area contributed by atoms with E-state index in [1.807, 2.05) is 55.5 Å². The maximum absolute atomic E-state index is 13.9. The number of amides is 1. The number of amidine groups is 1. The first kappa shape index (κ1) is 23.1. The minimum Gasteiger partial charge on any atom is -0.334 e. The zero-order valence-corrected chi connectivity index (χ0v) is 21.8. The third-order valence-corrected chi connectivity index (χ3v) is 8.36. The maximum atomic E-state index is 13.9. The highest BCUT2D eigenvalue weighted by molar-refractivity contribution is 8.20. The molecule has 7 heteroatoms. The van der Waals surface area contributed by atoms with Crippen molar-refractivity contribution in [3.8, 4) is 0 Å².